The predicted octanol–water partition coefficient (Wildman–Crippen LogP) is 3.59. The molecule has 2 aliphatic rings. The lowest BCUT2D eigenvalue weighted by molar-refractivity contribution is -0.139. The smallest absolute Gasteiger partial charge is 0.338 e. The van der Waals surface area contributed by atoms with E-state index in [4.69, 9.17) is 9.47 Å². The van der Waals surface area contributed by atoms with Crippen LogP contribution in [0, 0.1) is 5.82 Å². The van der Waals surface area contributed by atoms with Gasteiger partial charge < -0.3 is 19.7 Å². The molecule has 0 radical (unpaired) electrons. The zero-order chi connectivity index (χ0) is 27.9. The molecule has 0 aliphatic carbocycles. The van der Waals surface area contributed by atoms with Crippen molar-refractivity contribution in [3.63, 3.8) is 0 Å². The molecule has 39 heavy (non-hydrogen) atoms. The van der Waals surface area contributed by atoms with Crippen LogP contribution in [0.1, 0.15) is 42.2 Å². The SMILES string of the molecule is CCOC(=O)C1=C(CN2CCCN(C(=O)c3cccc(F)c3)CC2)N(CC)C(=O)NC1c1ccccc1OC. The summed E-state index contributed by atoms with van der Waals surface area (Å²) in [6.07, 6.45) is 0.692. The predicted molar refractivity (Wildman–Crippen MR) is 144 cm³/mol. The number of rotatable bonds is 8. The van der Waals surface area contributed by atoms with Crippen molar-refractivity contribution in [3.8, 4) is 5.75 Å². The van der Waals surface area contributed by atoms with Crippen LogP contribution < -0.4 is 10.1 Å². The van der Waals surface area contributed by atoms with Gasteiger partial charge in [0.15, 0.2) is 0 Å². The van der Waals surface area contributed by atoms with Crippen molar-refractivity contribution < 1.29 is 28.2 Å². The average Bonchev–Trinajstić information content (AvgIpc) is 3.18. The normalized spacial score (nSPS) is 18.5. The van der Waals surface area contributed by atoms with E-state index in [1.54, 1.807) is 36.0 Å². The first-order chi connectivity index (χ1) is 18.9. The van der Waals surface area contributed by atoms with E-state index in [0.717, 1.165) is 0 Å². The summed E-state index contributed by atoms with van der Waals surface area (Å²) in [6.45, 7) is 6.62. The Morgan fingerprint density at radius 2 is 1.85 bits per heavy atom. The van der Waals surface area contributed by atoms with E-state index in [2.05, 4.69) is 10.2 Å². The monoisotopic (exact) mass is 538 g/mol. The first kappa shape index (κ1) is 28.1. The van der Waals surface area contributed by atoms with Gasteiger partial charge in [-0.1, -0.05) is 24.3 Å². The molecule has 3 amide bonds. The highest BCUT2D eigenvalue weighted by atomic mass is 19.1. The summed E-state index contributed by atoms with van der Waals surface area (Å²) in [5.74, 6) is -0.614. The molecule has 2 aromatic rings. The number of para-hydroxylation sites is 1. The molecule has 0 spiro atoms. The Kier molecular flexibility index (Phi) is 9.19. The zero-order valence-corrected chi connectivity index (χ0v) is 22.6. The molecule has 0 aromatic heterocycles. The molecule has 9 nitrogen and oxygen atoms in total. The number of esters is 1. The number of hydrogen-bond donors (Lipinski definition) is 1. The molecule has 2 aliphatic heterocycles. The van der Waals surface area contributed by atoms with Crippen LogP contribution >= 0.6 is 0 Å². The van der Waals surface area contributed by atoms with E-state index in [1.807, 2.05) is 25.1 Å². The maximum absolute atomic E-state index is 13.7. The number of halogens is 1. The molecule has 4 rings (SSSR count). The lowest BCUT2D eigenvalue weighted by Crippen LogP contribution is -2.51. The number of amides is 3. The van der Waals surface area contributed by atoms with E-state index in [1.165, 1.54) is 18.2 Å². The van der Waals surface area contributed by atoms with Gasteiger partial charge in [0.05, 0.1) is 25.3 Å². The third-order valence-electron chi connectivity index (χ3n) is 7.02. The molecule has 2 aromatic carbocycles. The second-order valence-electron chi connectivity index (χ2n) is 9.38. The number of ether oxygens (including phenoxy) is 2. The van der Waals surface area contributed by atoms with Gasteiger partial charge in [-0.2, -0.15) is 0 Å². The number of nitrogens with zero attached hydrogens (tertiary/aromatic N) is 3. The maximum Gasteiger partial charge on any atom is 0.338 e. The second-order valence-corrected chi connectivity index (χ2v) is 9.38. The molecule has 10 heteroatoms. The molecule has 1 atom stereocenters. The minimum Gasteiger partial charge on any atom is -0.496 e. The third-order valence-corrected chi connectivity index (χ3v) is 7.02. The molecule has 208 valence electrons. The molecule has 2 heterocycles. The van der Waals surface area contributed by atoms with Crippen LogP contribution in [0.3, 0.4) is 0 Å². The van der Waals surface area contributed by atoms with Gasteiger partial charge in [-0.25, -0.2) is 14.0 Å². The fourth-order valence-corrected chi connectivity index (χ4v) is 5.14. The van der Waals surface area contributed by atoms with Crippen molar-refractivity contribution in [2.24, 2.45) is 0 Å². The summed E-state index contributed by atoms with van der Waals surface area (Å²) < 4.78 is 24.7. The van der Waals surface area contributed by atoms with Gasteiger partial charge in [0, 0.05) is 56.1 Å². The van der Waals surface area contributed by atoms with Crippen LogP contribution in [0.2, 0.25) is 0 Å². The van der Waals surface area contributed by atoms with Crippen molar-refractivity contribution >= 4 is 17.9 Å². The van der Waals surface area contributed by atoms with Crippen molar-refractivity contribution in [2.75, 3.05) is 53.0 Å². The number of nitrogens with one attached hydrogen (secondary N) is 1. The van der Waals surface area contributed by atoms with Crippen LogP contribution in [0.4, 0.5) is 9.18 Å². The Balaban J connectivity index is 1.64. The Hall–Kier alpha value is -3.92. The minimum atomic E-state index is -0.747. The Labute approximate surface area is 228 Å². The van der Waals surface area contributed by atoms with Gasteiger partial charge in [0.2, 0.25) is 0 Å². The van der Waals surface area contributed by atoms with Crippen LogP contribution in [-0.4, -0.2) is 85.6 Å². The summed E-state index contributed by atoms with van der Waals surface area (Å²) >= 11 is 0. The second kappa shape index (κ2) is 12.8. The van der Waals surface area contributed by atoms with Crippen molar-refractivity contribution in [1.29, 1.82) is 0 Å². The summed E-state index contributed by atoms with van der Waals surface area (Å²) in [5, 5.41) is 2.97. The summed E-state index contributed by atoms with van der Waals surface area (Å²) in [5.41, 5.74) is 1.91. The first-order valence-electron chi connectivity index (χ1n) is 13.3. The van der Waals surface area contributed by atoms with E-state index in [0.29, 0.717) is 73.8 Å². The Morgan fingerprint density at radius 3 is 2.56 bits per heavy atom. The van der Waals surface area contributed by atoms with Gasteiger partial charge in [-0.15, -0.1) is 0 Å². The molecule has 1 unspecified atom stereocenters. The fourth-order valence-electron chi connectivity index (χ4n) is 5.14. The molecular weight excluding hydrogens is 503 g/mol. The highest BCUT2D eigenvalue weighted by Gasteiger charge is 2.39. The lowest BCUT2D eigenvalue weighted by atomic mass is 9.93. The van der Waals surface area contributed by atoms with Gasteiger partial charge >= 0.3 is 12.0 Å². The molecule has 0 bridgehead atoms. The number of carbonyl (C=O) groups is 3. The van der Waals surface area contributed by atoms with Gasteiger partial charge in [-0.3, -0.25) is 14.6 Å². The number of methoxy groups -OCH3 is 1. The fraction of sp³-hybridized carbons (Fsp3) is 0.414. The first-order valence-corrected chi connectivity index (χ1v) is 13.3. The van der Waals surface area contributed by atoms with Crippen molar-refractivity contribution in [3.05, 3.63) is 76.7 Å². The zero-order valence-electron chi connectivity index (χ0n) is 22.6. The molecule has 1 saturated heterocycles. The standard InChI is InChI=1S/C29H35FN4O5/c1-4-34-23(19-32-14-9-15-33(17-16-32)27(35)20-10-8-11-21(30)18-20)25(28(36)39-5-2)26(31-29(34)37)22-12-6-7-13-24(22)38-3/h6-8,10-13,18,26H,4-5,9,14-17,19H2,1-3H3,(H,31,37). The number of urea groups is 1. The molecular formula is C29H35FN4O5. The van der Waals surface area contributed by atoms with E-state index < -0.39 is 17.8 Å². The summed E-state index contributed by atoms with van der Waals surface area (Å²) in [6, 6.07) is 11.9. The highest BCUT2D eigenvalue weighted by Crippen LogP contribution is 2.36. The number of likely N-dealkylation sites (N-methyl/N-ethyl adjacent to an activating group) is 1. The third kappa shape index (κ3) is 6.22. The van der Waals surface area contributed by atoms with Crippen molar-refractivity contribution in [1.82, 2.24) is 20.0 Å². The molecule has 1 fully saturated rings. The van der Waals surface area contributed by atoms with Crippen LogP contribution in [0.15, 0.2) is 59.8 Å². The van der Waals surface area contributed by atoms with Gasteiger partial charge in [0.25, 0.3) is 5.91 Å². The molecule has 1 N–H and O–H groups in total. The Morgan fingerprint density at radius 1 is 1.05 bits per heavy atom. The van der Waals surface area contributed by atoms with E-state index >= 15 is 0 Å². The van der Waals surface area contributed by atoms with Crippen LogP contribution in [0.25, 0.3) is 0 Å². The number of benzene rings is 2. The van der Waals surface area contributed by atoms with Gasteiger partial charge in [-0.05, 0) is 44.5 Å². The number of carbonyl (C=O) groups excluding carboxylic acids is 3. The van der Waals surface area contributed by atoms with Crippen molar-refractivity contribution in [2.45, 2.75) is 26.3 Å². The van der Waals surface area contributed by atoms with Gasteiger partial charge in [0.1, 0.15) is 11.6 Å². The number of hydrogen-bond acceptors (Lipinski definition) is 6. The minimum absolute atomic E-state index is 0.190. The quantitative estimate of drug-likeness (QED) is 0.517. The van der Waals surface area contributed by atoms with E-state index in [9.17, 15) is 18.8 Å². The average molecular weight is 539 g/mol. The topological polar surface area (TPSA) is 91.4 Å². The lowest BCUT2D eigenvalue weighted by Gasteiger charge is -2.38. The maximum atomic E-state index is 13.7. The van der Waals surface area contributed by atoms with Crippen LogP contribution in [0.5, 0.6) is 5.75 Å². The van der Waals surface area contributed by atoms with Crippen LogP contribution in [-0.2, 0) is 9.53 Å². The highest BCUT2D eigenvalue weighted by molar-refractivity contribution is 5.95. The Bertz CT molecular complexity index is 1250. The molecule has 0 saturated carbocycles. The largest absolute Gasteiger partial charge is 0.496 e. The van der Waals surface area contributed by atoms with E-state index in [-0.39, 0.29) is 18.5 Å². The summed E-state index contributed by atoms with van der Waals surface area (Å²) in [7, 11) is 1.55. The summed E-state index contributed by atoms with van der Waals surface area (Å²) in [4.78, 5) is 45.1.